The lowest BCUT2D eigenvalue weighted by Crippen LogP contribution is -2.30. The third-order valence-electron chi connectivity index (χ3n) is 2.78. The SMILES string of the molecule is O=C(Nc1ccc(F)cc1Br)[C@@H]1CC[C@H](C(=O)O)O1. The van der Waals surface area contributed by atoms with Crippen molar-refractivity contribution in [1.82, 2.24) is 0 Å². The maximum Gasteiger partial charge on any atom is 0.332 e. The molecule has 1 aliphatic rings. The van der Waals surface area contributed by atoms with Gasteiger partial charge in [-0.3, -0.25) is 4.79 Å². The topological polar surface area (TPSA) is 75.6 Å². The van der Waals surface area contributed by atoms with Gasteiger partial charge in [-0.05, 0) is 47.0 Å². The fraction of sp³-hybridized carbons (Fsp3) is 0.333. The minimum absolute atomic E-state index is 0.304. The first-order chi connectivity index (χ1) is 8.97. The van der Waals surface area contributed by atoms with Crippen LogP contribution in [-0.2, 0) is 14.3 Å². The highest BCUT2D eigenvalue weighted by atomic mass is 79.9. The van der Waals surface area contributed by atoms with E-state index in [9.17, 15) is 14.0 Å². The highest BCUT2D eigenvalue weighted by Crippen LogP contribution is 2.25. The second-order valence-electron chi connectivity index (χ2n) is 4.14. The highest BCUT2D eigenvalue weighted by Gasteiger charge is 2.34. The average molecular weight is 332 g/mol. The normalized spacial score (nSPS) is 22.2. The van der Waals surface area contributed by atoms with Crippen molar-refractivity contribution >= 4 is 33.5 Å². The van der Waals surface area contributed by atoms with Crippen molar-refractivity contribution in [2.45, 2.75) is 25.0 Å². The summed E-state index contributed by atoms with van der Waals surface area (Å²) in [5.74, 6) is -1.93. The fourth-order valence-corrected chi connectivity index (χ4v) is 2.27. The van der Waals surface area contributed by atoms with Gasteiger partial charge in [0.25, 0.3) is 5.91 Å². The number of anilines is 1. The molecule has 1 aromatic rings. The van der Waals surface area contributed by atoms with Crippen molar-refractivity contribution in [2.24, 2.45) is 0 Å². The molecule has 0 saturated carbocycles. The zero-order valence-corrected chi connectivity index (χ0v) is 11.3. The molecular formula is C12H11BrFNO4. The Labute approximate surface area is 116 Å². The Hall–Kier alpha value is -1.47. The molecule has 1 aliphatic heterocycles. The quantitative estimate of drug-likeness (QED) is 0.889. The molecule has 1 aromatic carbocycles. The zero-order chi connectivity index (χ0) is 14.0. The van der Waals surface area contributed by atoms with Crippen LogP contribution in [0.25, 0.3) is 0 Å². The van der Waals surface area contributed by atoms with Crippen LogP contribution in [0.2, 0.25) is 0 Å². The van der Waals surface area contributed by atoms with Crippen LogP contribution in [0, 0.1) is 5.82 Å². The third-order valence-corrected chi connectivity index (χ3v) is 3.43. The van der Waals surface area contributed by atoms with E-state index in [1.807, 2.05) is 0 Å². The molecule has 5 nitrogen and oxygen atoms in total. The minimum atomic E-state index is -1.07. The second kappa shape index (κ2) is 5.66. The van der Waals surface area contributed by atoms with Gasteiger partial charge in [-0.15, -0.1) is 0 Å². The van der Waals surface area contributed by atoms with Crippen LogP contribution >= 0.6 is 15.9 Å². The van der Waals surface area contributed by atoms with Crippen molar-refractivity contribution in [2.75, 3.05) is 5.32 Å². The molecule has 1 fully saturated rings. The molecule has 0 aromatic heterocycles. The molecular weight excluding hydrogens is 321 g/mol. The summed E-state index contributed by atoms with van der Waals surface area (Å²) in [6.45, 7) is 0. The average Bonchev–Trinajstić information content (AvgIpc) is 2.82. The van der Waals surface area contributed by atoms with Crippen molar-refractivity contribution in [1.29, 1.82) is 0 Å². The molecule has 2 atom stereocenters. The standard InChI is InChI=1S/C12H11BrFNO4/c13-7-5-6(14)1-2-8(7)15-11(16)9-3-4-10(19-9)12(17)18/h1-2,5,9-10H,3-4H2,(H,15,16)(H,17,18)/t9-,10+/m0/s1. The van der Waals surface area contributed by atoms with Crippen LogP contribution in [0.5, 0.6) is 0 Å². The summed E-state index contributed by atoms with van der Waals surface area (Å²) in [4.78, 5) is 22.6. The molecule has 19 heavy (non-hydrogen) atoms. The van der Waals surface area contributed by atoms with E-state index in [4.69, 9.17) is 9.84 Å². The Morgan fingerprint density at radius 1 is 1.37 bits per heavy atom. The number of carboxylic acids is 1. The Morgan fingerprint density at radius 3 is 2.63 bits per heavy atom. The smallest absolute Gasteiger partial charge is 0.332 e. The highest BCUT2D eigenvalue weighted by molar-refractivity contribution is 9.10. The van der Waals surface area contributed by atoms with E-state index in [-0.39, 0.29) is 0 Å². The minimum Gasteiger partial charge on any atom is -0.479 e. The van der Waals surface area contributed by atoms with Gasteiger partial charge in [-0.1, -0.05) is 0 Å². The lowest BCUT2D eigenvalue weighted by Gasteiger charge is -2.12. The predicted molar refractivity (Wildman–Crippen MR) is 68.3 cm³/mol. The van der Waals surface area contributed by atoms with E-state index in [0.29, 0.717) is 23.0 Å². The van der Waals surface area contributed by atoms with Gasteiger partial charge in [-0.25, -0.2) is 9.18 Å². The summed E-state index contributed by atoms with van der Waals surface area (Å²) in [7, 11) is 0. The largest absolute Gasteiger partial charge is 0.479 e. The molecule has 2 rings (SSSR count). The Kier molecular flexibility index (Phi) is 4.16. The number of carboxylic acid groups (broad SMARTS) is 1. The molecule has 0 radical (unpaired) electrons. The third kappa shape index (κ3) is 3.30. The van der Waals surface area contributed by atoms with Crippen LogP contribution in [0.1, 0.15) is 12.8 Å². The summed E-state index contributed by atoms with van der Waals surface area (Å²) in [5, 5.41) is 11.3. The molecule has 7 heteroatoms. The van der Waals surface area contributed by atoms with Crippen molar-refractivity contribution in [3.63, 3.8) is 0 Å². The number of nitrogens with one attached hydrogen (secondary N) is 1. The summed E-state index contributed by atoms with van der Waals surface area (Å²) < 4.78 is 18.4. The number of ether oxygens (including phenoxy) is 1. The molecule has 1 heterocycles. The van der Waals surface area contributed by atoms with Crippen LogP contribution in [-0.4, -0.2) is 29.2 Å². The summed E-state index contributed by atoms with van der Waals surface area (Å²) in [6, 6.07) is 3.86. The van der Waals surface area contributed by atoms with Crippen LogP contribution in [0.4, 0.5) is 10.1 Å². The maximum atomic E-state index is 12.9. The summed E-state index contributed by atoms with van der Waals surface area (Å²) >= 11 is 3.13. The lowest BCUT2D eigenvalue weighted by molar-refractivity contribution is -0.150. The fourth-order valence-electron chi connectivity index (χ4n) is 1.82. The Bertz CT molecular complexity index is 522. The number of aliphatic carboxylic acids is 1. The van der Waals surface area contributed by atoms with E-state index in [1.165, 1.54) is 18.2 Å². The van der Waals surface area contributed by atoms with Gasteiger partial charge in [0.1, 0.15) is 11.9 Å². The molecule has 0 bridgehead atoms. The number of hydrogen-bond acceptors (Lipinski definition) is 3. The second-order valence-corrected chi connectivity index (χ2v) is 5.00. The molecule has 0 unspecified atom stereocenters. The first-order valence-electron chi connectivity index (χ1n) is 5.61. The van der Waals surface area contributed by atoms with E-state index in [0.717, 1.165) is 0 Å². The maximum absolute atomic E-state index is 12.9. The van der Waals surface area contributed by atoms with E-state index >= 15 is 0 Å². The number of amides is 1. The number of halogens is 2. The van der Waals surface area contributed by atoms with Crippen molar-refractivity contribution in [3.05, 3.63) is 28.5 Å². The van der Waals surface area contributed by atoms with Gasteiger partial charge in [0.15, 0.2) is 6.10 Å². The first kappa shape index (κ1) is 14.0. The Morgan fingerprint density at radius 2 is 2.05 bits per heavy atom. The number of benzene rings is 1. The monoisotopic (exact) mass is 331 g/mol. The van der Waals surface area contributed by atoms with Crippen molar-refractivity contribution < 1.29 is 23.8 Å². The molecule has 0 aliphatic carbocycles. The van der Waals surface area contributed by atoms with Gasteiger partial charge < -0.3 is 15.2 Å². The number of carbonyl (C=O) groups excluding carboxylic acids is 1. The molecule has 102 valence electrons. The molecule has 1 saturated heterocycles. The molecule has 1 amide bonds. The van der Waals surface area contributed by atoms with Gasteiger partial charge in [0.2, 0.25) is 0 Å². The van der Waals surface area contributed by atoms with E-state index in [2.05, 4.69) is 21.2 Å². The molecule has 0 spiro atoms. The molecule has 2 N–H and O–H groups in total. The zero-order valence-electron chi connectivity index (χ0n) is 9.73. The lowest BCUT2D eigenvalue weighted by atomic mass is 10.2. The van der Waals surface area contributed by atoms with E-state index < -0.39 is 29.9 Å². The number of hydrogen-bond donors (Lipinski definition) is 2. The van der Waals surface area contributed by atoms with E-state index in [1.54, 1.807) is 0 Å². The van der Waals surface area contributed by atoms with Crippen LogP contribution < -0.4 is 5.32 Å². The number of rotatable bonds is 3. The van der Waals surface area contributed by atoms with Gasteiger partial charge >= 0.3 is 5.97 Å². The van der Waals surface area contributed by atoms with Gasteiger partial charge in [0.05, 0.1) is 5.69 Å². The van der Waals surface area contributed by atoms with Gasteiger partial charge in [-0.2, -0.15) is 0 Å². The predicted octanol–water partition coefficient (Wildman–Crippen LogP) is 2.16. The van der Waals surface area contributed by atoms with Crippen LogP contribution in [0.15, 0.2) is 22.7 Å². The number of carbonyl (C=O) groups is 2. The van der Waals surface area contributed by atoms with Crippen LogP contribution in [0.3, 0.4) is 0 Å². The van der Waals surface area contributed by atoms with Crippen molar-refractivity contribution in [3.8, 4) is 0 Å². The first-order valence-corrected chi connectivity index (χ1v) is 6.41. The Balaban J connectivity index is 2.00. The van der Waals surface area contributed by atoms with Gasteiger partial charge in [0, 0.05) is 4.47 Å². The summed E-state index contributed by atoms with van der Waals surface area (Å²) in [6.07, 6.45) is -1.08. The summed E-state index contributed by atoms with van der Waals surface area (Å²) in [5.41, 5.74) is 0.411.